The van der Waals surface area contributed by atoms with Crippen molar-refractivity contribution in [1.82, 2.24) is 0 Å². The van der Waals surface area contributed by atoms with Crippen molar-refractivity contribution in [1.29, 1.82) is 0 Å². The van der Waals surface area contributed by atoms with Gasteiger partial charge in [0.2, 0.25) is 0 Å². The molecule has 0 heterocycles. The molecule has 1 N–H and O–H groups in total. The quantitative estimate of drug-likeness (QED) is 0.646. The Morgan fingerprint density at radius 2 is 1.95 bits per heavy atom. The zero-order valence-corrected chi connectivity index (χ0v) is 12.5. The third-order valence-corrected chi connectivity index (χ3v) is 3.33. The Balaban J connectivity index is 2.06. The van der Waals surface area contributed by atoms with Crippen molar-refractivity contribution < 1.29 is 14.3 Å². The van der Waals surface area contributed by atoms with Gasteiger partial charge in [0.1, 0.15) is 5.82 Å². The van der Waals surface area contributed by atoms with Crippen LogP contribution in [0.4, 0.5) is 4.39 Å². The fourth-order valence-corrected chi connectivity index (χ4v) is 2.13. The van der Waals surface area contributed by atoms with Gasteiger partial charge in [0.25, 0.3) is 0 Å². The summed E-state index contributed by atoms with van der Waals surface area (Å²) in [5, 5.41) is 8.78. The first-order valence-electron chi connectivity index (χ1n) is 5.83. The maximum absolute atomic E-state index is 13.5. The molecular formula is C15H11FINO2. The molecule has 0 aliphatic heterocycles. The van der Waals surface area contributed by atoms with E-state index in [4.69, 9.17) is 5.11 Å². The SMILES string of the molecule is O=C(O)c1ccc(CN=Cc2cc(I)ccc2F)cc1. The van der Waals surface area contributed by atoms with E-state index in [1.807, 2.05) is 0 Å². The zero-order valence-electron chi connectivity index (χ0n) is 10.4. The summed E-state index contributed by atoms with van der Waals surface area (Å²) in [6.45, 7) is 0.380. The van der Waals surface area contributed by atoms with E-state index in [2.05, 4.69) is 27.6 Å². The standard InChI is InChI=1S/C15H11FINO2/c16-14-6-5-13(17)7-12(14)9-18-8-10-1-3-11(4-2-10)15(19)20/h1-7,9H,8H2,(H,19,20). The van der Waals surface area contributed by atoms with Crippen LogP contribution in [-0.4, -0.2) is 17.3 Å². The smallest absolute Gasteiger partial charge is 0.335 e. The molecule has 2 aromatic carbocycles. The number of carboxylic acids is 1. The predicted octanol–water partition coefficient (Wildman–Crippen LogP) is 3.75. The Morgan fingerprint density at radius 3 is 2.60 bits per heavy atom. The molecule has 0 aliphatic carbocycles. The topological polar surface area (TPSA) is 49.7 Å². The van der Waals surface area contributed by atoms with E-state index >= 15 is 0 Å². The van der Waals surface area contributed by atoms with E-state index in [-0.39, 0.29) is 11.4 Å². The van der Waals surface area contributed by atoms with E-state index in [9.17, 15) is 9.18 Å². The lowest BCUT2D eigenvalue weighted by Crippen LogP contribution is -1.96. The molecule has 0 spiro atoms. The minimum absolute atomic E-state index is 0.237. The minimum atomic E-state index is -0.957. The van der Waals surface area contributed by atoms with Crippen LogP contribution in [0.3, 0.4) is 0 Å². The molecule has 0 saturated carbocycles. The summed E-state index contributed by atoms with van der Waals surface area (Å²) in [5.74, 6) is -1.27. The van der Waals surface area contributed by atoms with Gasteiger partial charge in [-0.2, -0.15) is 0 Å². The third kappa shape index (κ3) is 3.86. The van der Waals surface area contributed by atoms with E-state index in [1.54, 1.807) is 24.3 Å². The van der Waals surface area contributed by atoms with E-state index < -0.39 is 5.97 Å². The number of hydrogen-bond acceptors (Lipinski definition) is 2. The second-order valence-electron chi connectivity index (χ2n) is 4.14. The van der Waals surface area contributed by atoms with Crippen LogP contribution in [0.25, 0.3) is 0 Å². The highest BCUT2D eigenvalue weighted by Gasteiger charge is 2.02. The number of nitrogens with zero attached hydrogens (tertiary/aromatic N) is 1. The number of aliphatic imine (C=N–C) groups is 1. The first-order valence-corrected chi connectivity index (χ1v) is 6.91. The molecule has 2 aromatic rings. The number of hydrogen-bond donors (Lipinski definition) is 1. The van der Waals surface area contributed by atoms with E-state index in [1.165, 1.54) is 24.4 Å². The van der Waals surface area contributed by atoms with Gasteiger partial charge in [-0.25, -0.2) is 9.18 Å². The van der Waals surface area contributed by atoms with Gasteiger partial charge in [0.05, 0.1) is 12.1 Å². The molecule has 3 nitrogen and oxygen atoms in total. The van der Waals surface area contributed by atoms with Gasteiger partial charge in [0.15, 0.2) is 0 Å². The molecule has 0 aromatic heterocycles. The van der Waals surface area contributed by atoms with Crippen LogP contribution >= 0.6 is 22.6 Å². The van der Waals surface area contributed by atoms with E-state index in [0.29, 0.717) is 12.1 Å². The summed E-state index contributed by atoms with van der Waals surface area (Å²) < 4.78 is 14.4. The molecule has 0 atom stereocenters. The van der Waals surface area contributed by atoms with Crippen molar-refractivity contribution in [2.75, 3.05) is 0 Å². The van der Waals surface area contributed by atoms with Gasteiger partial charge in [-0.15, -0.1) is 0 Å². The lowest BCUT2D eigenvalue weighted by Gasteiger charge is -1.99. The van der Waals surface area contributed by atoms with Crippen molar-refractivity contribution >= 4 is 34.8 Å². The summed E-state index contributed by atoms with van der Waals surface area (Å²) in [6.07, 6.45) is 1.49. The van der Waals surface area contributed by atoms with Gasteiger partial charge in [0, 0.05) is 15.3 Å². The number of halogens is 2. The Kier molecular flexibility index (Phi) is 4.84. The second-order valence-corrected chi connectivity index (χ2v) is 5.38. The van der Waals surface area contributed by atoms with Gasteiger partial charge in [-0.3, -0.25) is 4.99 Å². The molecule has 0 saturated heterocycles. The van der Waals surface area contributed by atoms with Gasteiger partial charge < -0.3 is 5.11 Å². The molecule has 102 valence electrons. The lowest BCUT2D eigenvalue weighted by molar-refractivity contribution is 0.0697. The largest absolute Gasteiger partial charge is 0.478 e. The summed E-state index contributed by atoms with van der Waals surface area (Å²) in [7, 11) is 0. The Morgan fingerprint density at radius 1 is 1.25 bits per heavy atom. The molecule has 5 heteroatoms. The average molecular weight is 383 g/mol. The van der Waals surface area contributed by atoms with Crippen molar-refractivity contribution in [3.8, 4) is 0 Å². The Bertz CT molecular complexity index is 653. The normalized spacial score (nSPS) is 10.9. The van der Waals surface area contributed by atoms with Crippen molar-refractivity contribution in [3.63, 3.8) is 0 Å². The zero-order chi connectivity index (χ0) is 14.5. The number of aromatic carboxylic acids is 1. The maximum Gasteiger partial charge on any atom is 0.335 e. The monoisotopic (exact) mass is 383 g/mol. The third-order valence-electron chi connectivity index (χ3n) is 2.66. The van der Waals surface area contributed by atoms with Gasteiger partial charge >= 0.3 is 5.97 Å². The van der Waals surface area contributed by atoms with E-state index in [0.717, 1.165) is 9.13 Å². The molecule has 0 aliphatic rings. The fraction of sp³-hybridized carbons (Fsp3) is 0.0667. The molecule has 0 fully saturated rings. The van der Waals surface area contributed by atoms with Crippen LogP contribution in [0, 0.1) is 9.39 Å². The highest BCUT2D eigenvalue weighted by molar-refractivity contribution is 14.1. The van der Waals surface area contributed by atoms with Crippen LogP contribution < -0.4 is 0 Å². The highest BCUT2D eigenvalue weighted by Crippen LogP contribution is 2.11. The first-order chi connectivity index (χ1) is 9.56. The second kappa shape index (κ2) is 6.60. The fourth-order valence-electron chi connectivity index (χ4n) is 1.62. The molecular weight excluding hydrogens is 372 g/mol. The van der Waals surface area contributed by atoms with Crippen molar-refractivity contribution in [2.45, 2.75) is 6.54 Å². The molecule has 0 bridgehead atoms. The highest BCUT2D eigenvalue weighted by atomic mass is 127. The summed E-state index contributed by atoms with van der Waals surface area (Å²) in [5.41, 5.74) is 1.55. The number of rotatable bonds is 4. The van der Waals surface area contributed by atoms with Crippen LogP contribution in [0.15, 0.2) is 47.5 Å². The lowest BCUT2D eigenvalue weighted by atomic mass is 10.1. The van der Waals surface area contributed by atoms with Crippen molar-refractivity contribution in [2.24, 2.45) is 4.99 Å². The predicted molar refractivity (Wildman–Crippen MR) is 83.8 cm³/mol. The van der Waals surface area contributed by atoms with Crippen LogP contribution in [-0.2, 0) is 6.54 Å². The van der Waals surface area contributed by atoms with Crippen LogP contribution in [0.2, 0.25) is 0 Å². The van der Waals surface area contributed by atoms with Crippen LogP contribution in [0.5, 0.6) is 0 Å². The Labute approximate surface area is 129 Å². The minimum Gasteiger partial charge on any atom is -0.478 e. The summed E-state index contributed by atoms with van der Waals surface area (Å²) in [6, 6.07) is 11.3. The van der Waals surface area contributed by atoms with Gasteiger partial charge in [-0.1, -0.05) is 12.1 Å². The summed E-state index contributed by atoms with van der Waals surface area (Å²) in [4.78, 5) is 14.9. The maximum atomic E-state index is 13.5. The summed E-state index contributed by atoms with van der Waals surface area (Å²) >= 11 is 2.11. The number of carboxylic acid groups (broad SMARTS) is 1. The average Bonchev–Trinajstić information content (AvgIpc) is 2.43. The first kappa shape index (κ1) is 14.6. The Hall–Kier alpha value is -1.76. The van der Waals surface area contributed by atoms with Gasteiger partial charge in [-0.05, 0) is 58.5 Å². The van der Waals surface area contributed by atoms with Crippen molar-refractivity contribution in [3.05, 3.63) is 68.5 Å². The number of carbonyl (C=O) groups is 1. The number of benzene rings is 2. The molecule has 20 heavy (non-hydrogen) atoms. The van der Waals surface area contributed by atoms with Crippen LogP contribution in [0.1, 0.15) is 21.5 Å². The molecule has 0 amide bonds. The molecule has 2 rings (SSSR count). The molecule has 0 radical (unpaired) electrons. The molecule has 0 unspecified atom stereocenters.